The van der Waals surface area contributed by atoms with Crippen LogP contribution in [0.4, 0.5) is 4.39 Å². The van der Waals surface area contributed by atoms with E-state index >= 15 is 4.39 Å². The smallest absolute Gasteiger partial charge is 0.309 e. The number of aryl methyl sites for hydroxylation is 1. The van der Waals surface area contributed by atoms with Crippen molar-refractivity contribution >= 4 is 20.8 Å². The molecule has 0 aliphatic heterocycles. The molecule has 0 saturated heterocycles. The lowest BCUT2D eigenvalue weighted by atomic mass is 10.0. The summed E-state index contributed by atoms with van der Waals surface area (Å²) in [6.07, 6.45) is 3.53. The first-order valence-corrected chi connectivity index (χ1v) is 8.39. The predicted octanol–water partition coefficient (Wildman–Crippen LogP) is 0.788. The zero-order valence-electron chi connectivity index (χ0n) is 12.5. The van der Waals surface area contributed by atoms with Gasteiger partial charge in [0.1, 0.15) is 0 Å². The number of hydrogen-bond acceptors (Lipinski definition) is 5. The van der Waals surface area contributed by atoms with Crippen LogP contribution in [0.15, 0.2) is 53.7 Å². The summed E-state index contributed by atoms with van der Waals surface area (Å²) < 4.78 is 41.2. The van der Waals surface area contributed by atoms with Crippen LogP contribution in [-0.2, 0) is 22.1 Å². The zero-order valence-corrected chi connectivity index (χ0v) is 13.4. The number of hydrogen-bond donors (Lipinski definition) is 1. The highest BCUT2D eigenvalue weighted by atomic mass is 32.2. The van der Waals surface area contributed by atoms with Gasteiger partial charge >= 0.3 is 5.00 Å². The molecule has 0 bridgehead atoms. The second-order valence-electron chi connectivity index (χ2n) is 5.22. The molecule has 0 saturated carbocycles. The summed E-state index contributed by atoms with van der Waals surface area (Å²) in [6.45, 7) is 0. The van der Waals surface area contributed by atoms with Crippen molar-refractivity contribution in [1.29, 1.82) is 0 Å². The molecular weight excluding hydrogens is 335 g/mol. The summed E-state index contributed by atoms with van der Waals surface area (Å²) in [5.41, 5.74) is -0.700. The molecule has 1 atom stereocenters. The molecule has 24 heavy (non-hydrogen) atoms. The fourth-order valence-corrected chi connectivity index (χ4v) is 3.37. The molecule has 0 aliphatic carbocycles. The molecule has 0 fully saturated rings. The van der Waals surface area contributed by atoms with Crippen LogP contribution in [0.3, 0.4) is 0 Å². The second kappa shape index (κ2) is 5.46. The highest BCUT2D eigenvalue weighted by Gasteiger charge is 2.50. The quantitative estimate of drug-likeness (QED) is 0.753. The molecule has 7 nitrogen and oxygen atoms in total. The molecule has 2 aromatic heterocycles. The van der Waals surface area contributed by atoms with Gasteiger partial charge in [0.05, 0.1) is 0 Å². The third-order valence-electron chi connectivity index (χ3n) is 3.68. The maximum Gasteiger partial charge on any atom is 0.309 e. The van der Waals surface area contributed by atoms with E-state index in [1.54, 1.807) is 12.1 Å². The van der Waals surface area contributed by atoms with Gasteiger partial charge in [0.2, 0.25) is 0 Å². The fourth-order valence-electron chi connectivity index (χ4n) is 2.54. The lowest BCUT2D eigenvalue weighted by Crippen LogP contribution is -2.40. The number of sulfonamides is 1. The Morgan fingerprint density at radius 3 is 2.29 bits per heavy atom. The summed E-state index contributed by atoms with van der Waals surface area (Å²) in [5.74, 6) is -0.615. The zero-order chi connectivity index (χ0) is 17.5. The van der Waals surface area contributed by atoms with Crippen LogP contribution in [0.2, 0.25) is 0 Å². The molecule has 124 valence electrons. The average Bonchev–Trinajstić information content (AvgIpc) is 2.57. The largest absolute Gasteiger partial charge is 0.318 e. The van der Waals surface area contributed by atoms with Gasteiger partial charge in [-0.3, -0.25) is 4.79 Å². The van der Waals surface area contributed by atoms with Crippen LogP contribution in [0.5, 0.6) is 0 Å². The lowest BCUT2D eigenvalue weighted by Gasteiger charge is -2.23. The fraction of sp³-hybridized carbons (Fsp3) is 0.133. The number of aromatic nitrogens is 3. The van der Waals surface area contributed by atoms with E-state index in [0.29, 0.717) is 0 Å². The number of primary sulfonamides is 1. The third-order valence-corrected chi connectivity index (χ3v) is 4.87. The standard InChI is InChI=1S/C15H13FN4O3S/c1-20-9-12(10-5-2-3-6-11(10)13(20)21)15(16,24(17,22)23)14-18-7-4-8-19-14/h2-9H,1H3,(H2,17,22,23). The van der Waals surface area contributed by atoms with E-state index in [9.17, 15) is 13.2 Å². The van der Waals surface area contributed by atoms with E-state index < -0.39 is 20.8 Å². The molecule has 1 aromatic carbocycles. The molecule has 0 radical (unpaired) electrons. The average molecular weight is 348 g/mol. The van der Waals surface area contributed by atoms with Crippen LogP contribution >= 0.6 is 0 Å². The summed E-state index contributed by atoms with van der Waals surface area (Å²) >= 11 is 0. The molecule has 0 aliphatic rings. The van der Waals surface area contributed by atoms with Gasteiger partial charge < -0.3 is 4.57 Å². The number of halogens is 1. The van der Waals surface area contributed by atoms with Crippen LogP contribution in [0.1, 0.15) is 11.4 Å². The Labute approximate surface area is 136 Å². The highest BCUT2D eigenvalue weighted by Crippen LogP contribution is 2.38. The summed E-state index contributed by atoms with van der Waals surface area (Å²) in [5, 5.41) is 2.29. The molecule has 2 N–H and O–H groups in total. The summed E-state index contributed by atoms with van der Waals surface area (Å²) in [6, 6.07) is 7.53. The van der Waals surface area contributed by atoms with Gasteiger partial charge in [-0.1, -0.05) is 18.2 Å². The third kappa shape index (κ3) is 2.29. The number of fused-ring (bicyclic) bond motifs is 1. The lowest BCUT2D eigenvalue weighted by molar-refractivity contribution is 0.311. The SMILES string of the molecule is Cn1cc(C(F)(c2ncccn2)S(N)(=O)=O)c2ccccc2c1=O. The van der Waals surface area contributed by atoms with Crippen molar-refractivity contribution in [3.8, 4) is 0 Å². The van der Waals surface area contributed by atoms with E-state index in [0.717, 1.165) is 10.8 Å². The van der Waals surface area contributed by atoms with Crippen molar-refractivity contribution in [3.05, 3.63) is 70.7 Å². The predicted molar refractivity (Wildman–Crippen MR) is 86.2 cm³/mol. The Hall–Kier alpha value is -2.65. The summed E-state index contributed by atoms with van der Waals surface area (Å²) in [7, 11) is -3.40. The number of rotatable bonds is 3. The van der Waals surface area contributed by atoms with Gasteiger partial charge in [0.25, 0.3) is 15.6 Å². The van der Waals surface area contributed by atoms with Crippen molar-refractivity contribution in [2.75, 3.05) is 0 Å². The Kier molecular flexibility index (Phi) is 3.69. The minimum absolute atomic E-state index is 0.129. The van der Waals surface area contributed by atoms with E-state index in [2.05, 4.69) is 9.97 Å². The Morgan fingerprint density at radius 2 is 1.71 bits per heavy atom. The maximum absolute atomic E-state index is 15.9. The number of nitrogens with zero attached hydrogens (tertiary/aromatic N) is 3. The molecule has 2 heterocycles. The van der Waals surface area contributed by atoms with Crippen molar-refractivity contribution in [2.45, 2.75) is 5.00 Å². The molecule has 3 aromatic rings. The first kappa shape index (κ1) is 16.2. The molecule has 3 rings (SSSR count). The van der Waals surface area contributed by atoms with Crippen LogP contribution in [0, 0.1) is 0 Å². The molecule has 0 amide bonds. The molecule has 0 spiro atoms. The molecule has 9 heteroatoms. The Morgan fingerprint density at radius 1 is 1.12 bits per heavy atom. The van der Waals surface area contributed by atoms with Gasteiger partial charge in [-0.15, -0.1) is 0 Å². The molecular formula is C15H13FN4O3S. The van der Waals surface area contributed by atoms with Crippen molar-refractivity contribution in [3.63, 3.8) is 0 Å². The van der Waals surface area contributed by atoms with E-state index in [-0.39, 0.29) is 21.9 Å². The van der Waals surface area contributed by atoms with Crippen molar-refractivity contribution in [1.82, 2.24) is 14.5 Å². The van der Waals surface area contributed by atoms with Crippen LogP contribution in [-0.4, -0.2) is 23.0 Å². The second-order valence-corrected chi connectivity index (χ2v) is 6.87. The first-order valence-electron chi connectivity index (χ1n) is 6.84. The minimum atomic E-state index is -4.80. The van der Waals surface area contributed by atoms with Crippen LogP contribution in [0.25, 0.3) is 10.8 Å². The number of alkyl halides is 1. The molecule has 1 unspecified atom stereocenters. The Bertz CT molecular complexity index is 1080. The van der Waals surface area contributed by atoms with Crippen molar-refractivity contribution in [2.24, 2.45) is 12.2 Å². The van der Waals surface area contributed by atoms with Crippen LogP contribution < -0.4 is 10.7 Å². The maximum atomic E-state index is 15.9. The monoisotopic (exact) mass is 348 g/mol. The van der Waals surface area contributed by atoms with Gasteiger partial charge in [-0.25, -0.2) is 27.9 Å². The minimum Gasteiger partial charge on any atom is -0.318 e. The summed E-state index contributed by atoms with van der Waals surface area (Å²) in [4.78, 5) is 19.7. The normalized spacial score (nSPS) is 14.5. The van der Waals surface area contributed by atoms with E-state index in [1.165, 1.54) is 37.6 Å². The van der Waals surface area contributed by atoms with Gasteiger partial charge in [0.15, 0.2) is 5.82 Å². The van der Waals surface area contributed by atoms with E-state index in [4.69, 9.17) is 5.14 Å². The van der Waals surface area contributed by atoms with E-state index in [1.807, 2.05) is 0 Å². The van der Waals surface area contributed by atoms with Gasteiger partial charge in [-0.2, -0.15) is 0 Å². The van der Waals surface area contributed by atoms with Gasteiger partial charge in [0, 0.05) is 36.6 Å². The number of benzene rings is 1. The Balaban J connectivity index is 2.51. The highest BCUT2D eigenvalue weighted by molar-refractivity contribution is 7.90. The topological polar surface area (TPSA) is 108 Å². The number of pyridine rings is 1. The number of nitrogens with two attached hydrogens (primary N) is 1. The van der Waals surface area contributed by atoms with Crippen molar-refractivity contribution < 1.29 is 12.8 Å². The first-order chi connectivity index (χ1) is 11.3. The van der Waals surface area contributed by atoms with Gasteiger partial charge in [-0.05, 0) is 17.5 Å².